The van der Waals surface area contributed by atoms with Gasteiger partial charge >= 0.3 is 0 Å². The first-order valence-electron chi connectivity index (χ1n) is 7.68. The average molecular weight is 355 g/mol. The van der Waals surface area contributed by atoms with Crippen molar-refractivity contribution < 1.29 is 0 Å². The summed E-state index contributed by atoms with van der Waals surface area (Å²) in [5.74, 6) is 0.868. The van der Waals surface area contributed by atoms with Crippen molar-refractivity contribution in [1.29, 1.82) is 0 Å². The van der Waals surface area contributed by atoms with Crippen molar-refractivity contribution in [3.63, 3.8) is 0 Å². The van der Waals surface area contributed by atoms with E-state index in [0.29, 0.717) is 0 Å². The monoisotopic (exact) mass is 354 g/mol. The Labute approximate surface area is 148 Å². The minimum atomic E-state index is 0.730. The van der Waals surface area contributed by atoms with Gasteiger partial charge in [0.25, 0.3) is 0 Å². The molecular weight excluding hydrogens is 340 g/mol. The van der Waals surface area contributed by atoms with Gasteiger partial charge in [-0.3, -0.25) is 0 Å². The van der Waals surface area contributed by atoms with E-state index < -0.39 is 0 Å². The van der Waals surface area contributed by atoms with Gasteiger partial charge in [0.2, 0.25) is 4.96 Å². The number of rotatable bonds is 4. The fourth-order valence-electron chi connectivity index (χ4n) is 2.68. The highest BCUT2D eigenvalue weighted by atomic mass is 35.5. The molecule has 0 aliphatic carbocycles. The summed E-state index contributed by atoms with van der Waals surface area (Å²) in [5.41, 5.74) is 3.65. The Bertz CT molecular complexity index is 1010. The van der Waals surface area contributed by atoms with Crippen LogP contribution in [0.4, 0.5) is 0 Å². The van der Waals surface area contributed by atoms with Gasteiger partial charge in [0, 0.05) is 17.9 Å². The van der Waals surface area contributed by atoms with Crippen LogP contribution in [0.2, 0.25) is 5.02 Å². The number of fused-ring (bicyclic) bond motifs is 1. The van der Waals surface area contributed by atoms with E-state index in [9.17, 15) is 0 Å². The second kappa shape index (κ2) is 6.34. The first kappa shape index (κ1) is 15.3. The van der Waals surface area contributed by atoms with Crippen LogP contribution in [0.5, 0.6) is 0 Å². The standard InChI is InChI=1S/C18H15ClN4S/c1-12-5-2-3-7-14(12)11-16-20-21-18-23(16)22-17(24-18)10-13-6-4-8-15(19)9-13/h2-9H,10-11H2,1H3. The molecule has 2 heterocycles. The lowest BCUT2D eigenvalue weighted by atomic mass is 10.1. The Balaban J connectivity index is 1.63. The van der Waals surface area contributed by atoms with Gasteiger partial charge in [0.05, 0.1) is 0 Å². The van der Waals surface area contributed by atoms with Gasteiger partial charge in [-0.2, -0.15) is 9.61 Å². The van der Waals surface area contributed by atoms with Gasteiger partial charge in [0.1, 0.15) is 5.01 Å². The predicted molar refractivity (Wildman–Crippen MR) is 96.9 cm³/mol. The SMILES string of the molecule is Cc1ccccc1Cc1nnc2sc(Cc3cccc(Cl)c3)nn12. The third kappa shape index (κ3) is 3.05. The van der Waals surface area contributed by atoms with Crippen molar-refractivity contribution in [2.45, 2.75) is 19.8 Å². The molecule has 0 fully saturated rings. The van der Waals surface area contributed by atoms with E-state index in [1.54, 1.807) is 11.3 Å². The van der Waals surface area contributed by atoms with Gasteiger partial charge in [0.15, 0.2) is 5.82 Å². The molecule has 0 atom stereocenters. The Morgan fingerprint density at radius 2 is 1.92 bits per heavy atom. The molecule has 4 rings (SSSR count). The molecule has 0 amide bonds. The van der Waals surface area contributed by atoms with Crippen molar-refractivity contribution in [2.75, 3.05) is 0 Å². The zero-order chi connectivity index (χ0) is 16.5. The summed E-state index contributed by atoms with van der Waals surface area (Å²) in [4.78, 5) is 0.829. The predicted octanol–water partition coefficient (Wildman–Crippen LogP) is 4.33. The van der Waals surface area contributed by atoms with Crippen LogP contribution in [-0.2, 0) is 12.8 Å². The lowest BCUT2D eigenvalue weighted by Crippen LogP contribution is -2.00. The fourth-order valence-corrected chi connectivity index (χ4v) is 3.78. The van der Waals surface area contributed by atoms with Crippen LogP contribution in [0.15, 0.2) is 48.5 Å². The molecule has 6 heteroatoms. The smallest absolute Gasteiger partial charge is 0.187 e. The van der Waals surface area contributed by atoms with Gasteiger partial charge in [-0.05, 0) is 35.7 Å². The van der Waals surface area contributed by atoms with Gasteiger partial charge < -0.3 is 0 Å². The number of hydrogen-bond acceptors (Lipinski definition) is 4. The molecule has 0 unspecified atom stereocenters. The molecule has 24 heavy (non-hydrogen) atoms. The summed E-state index contributed by atoms with van der Waals surface area (Å²) in [5, 5.41) is 15.0. The van der Waals surface area contributed by atoms with Crippen molar-refractivity contribution in [3.05, 3.63) is 81.1 Å². The summed E-state index contributed by atoms with van der Waals surface area (Å²) in [6.45, 7) is 2.11. The van der Waals surface area contributed by atoms with E-state index in [-0.39, 0.29) is 0 Å². The quantitative estimate of drug-likeness (QED) is 0.548. The second-order valence-corrected chi connectivity index (χ2v) is 7.19. The Kier molecular flexibility index (Phi) is 4.04. The maximum atomic E-state index is 6.05. The Morgan fingerprint density at radius 3 is 2.75 bits per heavy atom. The zero-order valence-corrected chi connectivity index (χ0v) is 14.7. The molecule has 0 saturated carbocycles. The molecule has 0 radical (unpaired) electrons. The average Bonchev–Trinajstić information content (AvgIpc) is 3.11. The molecule has 0 N–H and O–H groups in total. The highest BCUT2D eigenvalue weighted by Gasteiger charge is 2.13. The van der Waals surface area contributed by atoms with Crippen LogP contribution in [-0.4, -0.2) is 19.8 Å². The summed E-state index contributed by atoms with van der Waals surface area (Å²) < 4.78 is 1.86. The molecule has 4 aromatic rings. The van der Waals surface area contributed by atoms with E-state index in [4.69, 9.17) is 16.7 Å². The van der Waals surface area contributed by atoms with Crippen molar-refractivity contribution in [2.24, 2.45) is 0 Å². The van der Waals surface area contributed by atoms with Crippen molar-refractivity contribution in [3.8, 4) is 0 Å². The molecule has 0 aliphatic rings. The topological polar surface area (TPSA) is 43.1 Å². The third-order valence-electron chi connectivity index (χ3n) is 3.95. The number of benzene rings is 2. The van der Waals surface area contributed by atoms with Gasteiger partial charge in [-0.15, -0.1) is 10.2 Å². The highest BCUT2D eigenvalue weighted by Crippen LogP contribution is 2.21. The molecule has 0 bridgehead atoms. The first-order chi connectivity index (χ1) is 11.7. The number of nitrogens with zero attached hydrogens (tertiary/aromatic N) is 4. The summed E-state index contributed by atoms with van der Waals surface area (Å²) >= 11 is 7.62. The summed E-state index contributed by atoms with van der Waals surface area (Å²) in [7, 11) is 0. The molecule has 120 valence electrons. The summed E-state index contributed by atoms with van der Waals surface area (Å²) in [6.07, 6.45) is 1.48. The van der Waals surface area contributed by atoms with Crippen molar-refractivity contribution >= 4 is 27.9 Å². The van der Waals surface area contributed by atoms with Gasteiger partial charge in [-0.1, -0.05) is 59.3 Å². The van der Waals surface area contributed by atoms with Crippen LogP contribution in [0.25, 0.3) is 4.96 Å². The van der Waals surface area contributed by atoms with Crippen LogP contribution < -0.4 is 0 Å². The second-order valence-electron chi connectivity index (χ2n) is 5.72. The number of aromatic nitrogens is 4. The maximum absolute atomic E-state index is 6.05. The zero-order valence-electron chi connectivity index (χ0n) is 13.1. The molecule has 2 aromatic heterocycles. The van der Waals surface area contributed by atoms with E-state index >= 15 is 0 Å². The number of aryl methyl sites for hydroxylation is 1. The largest absolute Gasteiger partial charge is 0.234 e. The highest BCUT2D eigenvalue weighted by molar-refractivity contribution is 7.16. The van der Waals surface area contributed by atoms with E-state index in [0.717, 1.165) is 39.2 Å². The Hall–Kier alpha value is -2.24. The minimum Gasteiger partial charge on any atom is -0.187 e. The molecule has 2 aromatic carbocycles. The molecule has 0 saturated heterocycles. The van der Waals surface area contributed by atoms with Crippen LogP contribution in [0.1, 0.15) is 27.5 Å². The normalized spacial score (nSPS) is 11.2. The van der Waals surface area contributed by atoms with Gasteiger partial charge in [-0.25, -0.2) is 0 Å². The molecular formula is C18H15ClN4S. The van der Waals surface area contributed by atoms with Crippen LogP contribution in [0.3, 0.4) is 0 Å². The number of hydrogen-bond donors (Lipinski definition) is 0. The summed E-state index contributed by atoms with van der Waals surface area (Å²) in [6, 6.07) is 16.2. The fraction of sp³-hybridized carbons (Fsp3) is 0.167. The lowest BCUT2D eigenvalue weighted by molar-refractivity contribution is 0.828. The van der Waals surface area contributed by atoms with E-state index in [1.165, 1.54) is 11.1 Å². The Morgan fingerprint density at radius 1 is 1.04 bits per heavy atom. The maximum Gasteiger partial charge on any atom is 0.234 e. The van der Waals surface area contributed by atoms with E-state index in [2.05, 4.69) is 35.3 Å². The molecule has 0 aliphatic heterocycles. The molecule has 4 nitrogen and oxygen atoms in total. The van der Waals surface area contributed by atoms with Crippen LogP contribution >= 0.6 is 22.9 Å². The third-order valence-corrected chi connectivity index (χ3v) is 5.09. The van der Waals surface area contributed by atoms with E-state index in [1.807, 2.05) is 34.8 Å². The lowest BCUT2D eigenvalue weighted by Gasteiger charge is -2.02. The molecule has 0 spiro atoms. The van der Waals surface area contributed by atoms with Crippen LogP contribution in [0, 0.1) is 6.92 Å². The number of halogens is 1. The van der Waals surface area contributed by atoms with Crippen molar-refractivity contribution in [1.82, 2.24) is 19.8 Å². The first-order valence-corrected chi connectivity index (χ1v) is 8.87. The minimum absolute atomic E-state index is 0.730.